The van der Waals surface area contributed by atoms with E-state index in [4.69, 9.17) is 5.73 Å². The summed E-state index contributed by atoms with van der Waals surface area (Å²) in [7, 11) is 0. The largest absolute Gasteiger partial charge is 0.402 e. The molecule has 0 saturated heterocycles. The Labute approximate surface area is 103 Å². The zero-order valence-corrected chi connectivity index (χ0v) is 11.0. The van der Waals surface area contributed by atoms with Crippen LogP contribution in [0.15, 0.2) is 46.6 Å². The van der Waals surface area contributed by atoms with Crippen LogP contribution in [0.3, 0.4) is 0 Å². The summed E-state index contributed by atoms with van der Waals surface area (Å²) in [6.45, 7) is 4.39. The first-order valence-corrected chi connectivity index (χ1v) is 6.82. The van der Waals surface area contributed by atoms with Gasteiger partial charge in [-0.05, 0) is 29.9 Å². The molecule has 0 aromatic carbocycles. The number of nitrogens with two attached hydrogens (primary N) is 1. The van der Waals surface area contributed by atoms with Gasteiger partial charge in [-0.2, -0.15) is 0 Å². The van der Waals surface area contributed by atoms with E-state index in [1.165, 1.54) is 23.3 Å². The van der Waals surface area contributed by atoms with E-state index in [2.05, 4.69) is 38.2 Å². The summed E-state index contributed by atoms with van der Waals surface area (Å²) in [5, 5.41) is 0. The molecule has 0 saturated carbocycles. The van der Waals surface area contributed by atoms with Gasteiger partial charge in [0.25, 0.3) is 0 Å². The normalized spacial score (nSPS) is 16.8. The summed E-state index contributed by atoms with van der Waals surface area (Å²) < 4.78 is 0. The third-order valence-electron chi connectivity index (χ3n) is 2.38. The lowest BCUT2D eigenvalue weighted by Crippen LogP contribution is -1.92. The Balaban J connectivity index is 2.43. The fourth-order valence-electron chi connectivity index (χ4n) is 1.38. The maximum Gasteiger partial charge on any atom is 0.0228 e. The van der Waals surface area contributed by atoms with E-state index in [1.807, 2.05) is 17.8 Å². The Kier molecular flexibility index (Phi) is 6.09. The average Bonchev–Trinajstić information content (AvgIpc) is 2.48. The first kappa shape index (κ1) is 13.2. The van der Waals surface area contributed by atoms with Gasteiger partial charge in [-0.15, -0.1) is 11.8 Å². The molecule has 0 aromatic heterocycles. The Morgan fingerprint density at radius 1 is 1.50 bits per heavy atom. The lowest BCUT2D eigenvalue weighted by molar-refractivity contribution is 0.955. The fourth-order valence-corrected chi connectivity index (χ4v) is 2.21. The number of hydrogen-bond acceptors (Lipinski definition) is 2. The second-order valence-corrected chi connectivity index (χ2v) is 5.20. The van der Waals surface area contributed by atoms with Crippen molar-refractivity contribution < 1.29 is 0 Å². The Hall–Kier alpha value is -0.890. The van der Waals surface area contributed by atoms with Crippen LogP contribution in [0.2, 0.25) is 0 Å². The van der Waals surface area contributed by atoms with Crippen LogP contribution >= 0.6 is 11.8 Å². The number of thioether (sulfide) groups is 1. The van der Waals surface area contributed by atoms with Crippen molar-refractivity contribution in [2.45, 2.75) is 33.1 Å². The summed E-state index contributed by atoms with van der Waals surface area (Å²) in [4.78, 5) is 1.41. The molecule has 0 radical (unpaired) electrons. The minimum atomic E-state index is 0.870. The van der Waals surface area contributed by atoms with E-state index < -0.39 is 0 Å². The summed E-state index contributed by atoms with van der Waals surface area (Å²) in [6, 6.07) is 0. The minimum absolute atomic E-state index is 0.870. The van der Waals surface area contributed by atoms with Crippen molar-refractivity contribution in [3.05, 3.63) is 46.6 Å². The maximum absolute atomic E-state index is 5.77. The standard InChI is InChI=1S/C14H21NS/c1-3-4-6-12(2)16-11-13-7-5-8-14(15)10-9-13/h5-7,9-10H,3-4,8,11,15H2,1-2H3/b12-6-. The zero-order valence-electron chi connectivity index (χ0n) is 10.2. The average molecular weight is 235 g/mol. The van der Waals surface area contributed by atoms with Crippen molar-refractivity contribution in [1.82, 2.24) is 0 Å². The van der Waals surface area contributed by atoms with Crippen LogP contribution in [0.5, 0.6) is 0 Å². The molecule has 1 nitrogen and oxygen atoms in total. The molecule has 0 amide bonds. The molecule has 0 unspecified atom stereocenters. The van der Waals surface area contributed by atoms with Crippen LogP contribution in [0.25, 0.3) is 0 Å². The van der Waals surface area contributed by atoms with Gasteiger partial charge in [0.15, 0.2) is 0 Å². The molecule has 0 fully saturated rings. The number of rotatable bonds is 5. The van der Waals surface area contributed by atoms with E-state index in [0.717, 1.165) is 17.9 Å². The first-order chi connectivity index (χ1) is 7.72. The van der Waals surface area contributed by atoms with Gasteiger partial charge in [-0.1, -0.05) is 37.6 Å². The molecule has 0 heterocycles. The smallest absolute Gasteiger partial charge is 0.0228 e. The van der Waals surface area contributed by atoms with Crippen molar-refractivity contribution in [1.29, 1.82) is 0 Å². The van der Waals surface area contributed by atoms with Gasteiger partial charge in [0.1, 0.15) is 0 Å². The quantitative estimate of drug-likeness (QED) is 0.774. The van der Waals surface area contributed by atoms with E-state index in [1.54, 1.807) is 0 Å². The van der Waals surface area contributed by atoms with Gasteiger partial charge in [0, 0.05) is 17.9 Å². The molecule has 88 valence electrons. The SMILES string of the molecule is CCC/C=C(/C)SCC1=CC=C(N)CC=C1. The van der Waals surface area contributed by atoms with Crippen LogP contribution in [-0.4, -0.2) is 5.75 Å². The highest BCUT2D eigenvalue weighted by atomic mass is 32.2. The van der Waals surface area contributed by atoms with Crippen LogP contribution < -0.4 is 5.73 Å². The molecule has 16 heavy (non-hydrogen) atoms. The van der Waals surface area contributed by atoms with E-state index >= 15 is 0 Å². The van der Waals surface area contributed by atoms with Crippen LogP contribution in [-0.2, 0) is 0 Å². The second kappa shape index (κ2) is 7.39. The van der Waals surface area contributed by atoms with Gasteiger partial charge >= 0.3 is 0 Å². The van der Waals surface area contributed by atoms with Gasteiger partial charge < -0.3 is 5.73 Å². The van der Waals surface area contributed by atoms with Gasteiger partial charge in [-0.25, -0.2) is 0 Å². The van der Waals surface area contributed by atoms with E-state index in [9.17, 15) is 0 Å². The van der Waals surface area contributed by atoms with Crippen molar-refractivity contribution >= 4 is 11.8 Å². The van der Waals surface area contributed by atoms with Gasteiger partial charge in [0.2, 0.25) is 0 Å². The predicted octanol–water partition coefficient (Wildman–Crippen LogP) is 4.15. The molecular formula is C14H21NS. The van der Waals surface area contributed by atoms with Crippen molar-refractivity contribution in [3.63, 3.8) is 0 Å². The van der Waals surface area contributed by atoms with E-state index in [0.29, 0.717) is 0 Å². The van der Waals surface area contributed by atoms with Crippen LogP contribution in [0.4, 0.5) is 0 Å². The molecule has 1 aliphatic rings. The molecule has 1 aliphatic carbocycles. The monoisotopic (exact) mass is 235 g/mol. The lowest BCUT2D eigenvalue weighted by atomic mass is 10.3. The summed E-state index contributed by atoms with van der Waals surface area (Å²) in [5.41, 5.74) is 8.05. The summed E-state index contributed by atoms with van der Waals surface area (Å²) in [6.07, 6.45) is 14.0. The van der Waals surface area contributed by atoms with Gasteiger partial charge in [-0.3, -0.25) is 0 Å². The molecule has 0 atom stereocenters. The Morgan fingerprint density at radius 3 is 3.06 bits per heavy atom. The number of unbranched alkanes of at least 4 members (excludes halogenated alkanes) is 1. The molecule has 0 spiro atoms. The summed E-state index contributed by atoms with van der Waals surface area (Å²) >= 11 is 1.90. The third-order valence-corrected chi connectivity index (χ3v) is 3.48. The number of hydrogen-bond donors (Lipinski definition) is 1. The molecule has 2 heteroatoms. The van der Waals surface area contributed by atoms with Crippen molar-refractivity contribution in [2.24, 2.45) is 5.73 Å². The van der Waals surface area contributed by atoms with Crippen LogP contribution in [0, 0.1) is 0 Å². The second-order valence-electron chi connectivity index (χ2n) is 3.98. The zero-order chi connectivity index (χ0) is 11.8. The molecule has 0 aromatic rings. The highest BCUT2D eigenvalue weighted by molar-refractivity contribution is 8.03. The Bertz CT molecular complexity index is 335. The van der Waals surface area contributed by atoms with Gasteiger partial charge in [0.05, 0.1) is 0 Å². The maximum atomic E-state index is 5.77. The molecule has 2 N–H and O–H groups in total. The number of allylic oxidation sites excluding steroid dienone is 6. The first-order valence-electron chi connectivity index (χ1n) is 5.83. The minimum Gasteiger partial charge on any atom is -0.402 e. The summed E-state index contributed by atoms with van der Waals surface area (Å²) in [5.74, 6) is 1.03. The molecular weight excluding hydrogens is 214 g/mol. The highest BCUT2D eigenvalue weighted by Crippen LogP contribution is 2.21. The van der Waals surface area contributed by atoms with Crippen molar-refractivity contribution in [3.8, 4) is 0 Å². The predicted molar refractivity (Wildman–Crippen MR) is 75.2 cm³/mol. The Morgan fingerprint density at radius 2 is 2.31 bits per heavy atom. The fraction of sp³-hybridized carbons (Fsp3) is 0.429. The molecule has 1 rings (SSSR count). The van der Waals surface area contributed by atoms with E-state index in [-0.39, 0.29) is 0 Å². The highest BCUT2D eigenvalue weighted by Gasteiger charge is 1.98. The molecule has 0 aliphatic heterocycles. The van der Waals surface area contributed by atoms with Crippen LogP contribution in [0.1, 0.15) is 33.1 Å². The molecule has 0 bridgehead atoms. The third kappa shape index (κ3) is 5.26. The lowest BCUT2D eigenvalue weighted by Gasteiger charge is -2.02. The van der Waals surface area contributed by atoms with Crippen molar-refractivity contribution in [2.75, 3.05) is 5.75 Å². The topological polar surface area (TPSA) is 26.0 Å².